The average molecular weight is 179 g/mol. The summed E-state index contributed by atoms with van der Waals surface area (Å²) in [6, 6.07) is 3.61. The summed E-state index contributed by atoms with van der Waals surface area (Å²) in [6.45, 7) is 2.00. The molecule has 2 atom stereocenters. The van der Waals surface area contributed by atoms with E-state index in [1.807, 2.05) is 13.0 Å². The molecule has 3 heteroatoms. The first-order valence-electron chi connectivity index (χ1n) is 4.60. The minimum atomic E-state index is -0.228. The van der Waals surface area contributed by atoms with Gasteiger partial charge in [0.25, 0.3) is 0 Å². The van der Waals surface area contributed by atoms with Gasteiger partial charge < -0.3 is 9.72 Å². The summed E-state index contributed by atoms with van der Waals surface area (Å²) in [6.07, 6.45) is 3.58. The third-order valence-electron chi connectivity index (χ3n) is 2.39. The Morgan fingerprint density at radius 3 is 3.00 bits per heavy atom. The molecular weight excluding hydrogens is 166 g/mol. The second-order valence-corrected chi connectivity index (χ2v) is 3.46. The van der Waals surface area contributed by atoms with E-state index < -0.39 is 0 Å². The maximum atomic E-state index is 11.7. The quantitative estimate of drug-likeness (QED) is 0.703. The normalized spacial score (nSPS) is 27.8. The number of rotatable bonds is 2. The lowest BCUT2D eigenvalue weighted by Crippen LogP contribution is -2.20. The highest BCUT2D eigenvalue weighted by Gasteiger charge is 2.29. The van der Waals surface area contributed by atoms with Crippen molar-refractivity contribution in [1.29, 1.82) is 0 Å². The maximum Gasteiger partial charge on any atom is 0.207 e. The van der Waals surface area contributed by atoms with Gasteiger partial charge in [-0.15, -0.1) is 0 Å². The summed E-state index contributed by atoms with van der Waals surface area (Å²) in [5, 5.41) is 0. The molecule has 0 radical (unpaired) electrons. The number of H-pyrrole nitrogens is 1. The van der Waals surface area contributed by atoms with Crippen LogP contribution < -0.4 is 0 Å². The van der Waals surface area contributed by atoms with Crippen LogP contribution in [0.4, 0.5) is 0 Å². The van der Waals surface area contributed by atoms with Gasteiger partial charge in [0.15, 0.2) is 0 Å². The van der Waals surface area contributed by atoms with Crippen LogP contribution in [0.15, 0.2) is 18.3 Å². The number of aromatic amines is 1. The Morgan fingerprint density at radius 1 is 1.62 bits per heavy atom. The van der Waals surface area contributed by atoms with E-state index in [1.54, 1.807) is 12.3 Å². The van der Waals surface area contributed by atoms with Gasteiger partial charge in [-0.25, -0.2) is 0 Å². The van der Waals surface area contributed by atoms with Crippen molar-refractivity contribution in [3.63, 3.8) is 0 Å². The van der Waals surface area contributed by atoms with E-state index in [9.17, 15) is 4.79 Å². The fourth-order valence-corrected chi connectivity index (χ4v) is 1.65. The van der Waals surface area contributed by atoms with E-state index >= 15 is 0 Å². The monoisotopic (exact) mass is 179 g/mol. The molecule has 2 heterocycles. The Balaban J connectivity index is 2.06. The number of carbonyl (C=O) groups excluding carboxylic acids is 1. The number of ketones is 1. The molecule has 1 saturated heterocycles. The van der Waals surface area contributed by atoms with E-state index in [4.69, 9.17) is 4.74 Å². The molecule has 0 spiro atoms. The van der Waals surface area contributed by atoms with Crippen LogP contribution in [-0.4, -0.2) is 23.0 Å². The summed E-state index contributed by atoms with van der Waals surface area (Å²) >= 11 is 0. The van der Waals surface area contributed by atoms with Crippen molar-refractivity contribution in [2.45, 2.75) is 32.0 Å². The molecule has 1 aliphatic rings. The Labute approximate surface area is 77.1 Å². The zero-order chi connectivity index (χ0) is 9.26. The summed E-state index contributed by atoms with van der Waals surface area (Å²) in [5.74, 6) is 0.0781. The molecule has 1 N–H and O–H groups in total. The van der Waals surface area contributed by atoms with Crippen molar-refractivity contribution in [1.82, 2.24) is 4.98 Å². The van der Waals surface area contributed by atoms with Crippen molar-refractivity contribution < 1.29 is 9.53 Å². The largest absolute Gasteiger partial charge is 0.367 e. The highest BCUT2D eigenvalue weighted by molar-refractivity contribution is 5.98. The zero-order valence-corrected chi connectivity index (χ0v) is 7.62. The lowest BCUT2D eigenvalue weighted by molar-refractivity contribution is 0.0429. The minimum Gasteiger partial charge on any atom is -0.367 e. The third-order valence-corrected chi connectivity index (χ3v) is 2.39. The number of hydrogen-bond donors (Lipinski definition) is 1. The van der Waals surface area contributed by atoms with Gasteiger partial charge in [-0.3, -0.25) is 4.79 Å². The van der Waals surface area contributed by atoms with Gasteiger partial charge >= 0.3 is 0 Å². The number of Topliss-reactive ketones (excluding diaryl/α,β-unsaturated/α-hetero) is 1. The molecule has 1 aromatic heterocycles. The van der Waals surface area contributed by atoms with E-state index in [-0.39, 0.29) is 18.0 Å². The Morgan fingerprint density at radius 2 is 2.46 bits per heavy atom. The van der Waals surface area contributed by atoms with Crippen LogP contribution in [-0.2, 0) is 4.74 Å². The van der Waals surface area contributed by atoms with Gasteiger partial charge in [0.05, 0.1) is 11.8 Å². The lowest BCUT2D eigenvalue weighted by Gasteiger charge is -2.07. The van der Waals surface area contributed by atoms with E-state index in [0.29, 0.717) is 5.69 Å². The first kappa shape index (κ1) is 8.51. The van der Waals surface area contributed by atoms with Crippen molar-refractivity contribution in [3.05, 3.63) is 24.0 Å². The van der Waals surface area contributed by atoms with Crippen LogP contribution in [0.5, 0.6) is 0 Å². The van der Waals surface area contributed by atoms with E-state index in [2.05, 4.69) is 4.98 Å². The second-order valence-electron chi connectivity index (χ2n) is 3.46. The fraction of sp³-hybridized carbons (Fsp3) is 0.500. The third kappa shape index (κ3) is 1.65. The standard InChI is InChI=1S/C10H13NO2/c1-7-4-5-9(13-7)10(12)8-3-2-6-11-8/h2-3,6-7,9,11H,4-5H2,1H3. The highest BCUT2D eigenvalue weighted by Crippen LogP contribution is 2.21. The summed E-state index contributed by atoms with van der Waals surface area (Å²) < 4.78 is 5.48. The number of ether oxygens (including phenoxy) is 1. The molecule has 0 amide bonds. The van der Waals surface area contributed by atoms with Gasteiger partial charge in [-0.1, -0.05) is 0 Å². The Kier molecular flexibility index (Phi) is 2.19. The van der Waals surface area contributed by atoms with Crippen molar-refractivity contribution >= 4 is 5.78 Å². The van der Waals surface area contributed by atoms with Crippen LogP contribution in [0.3, 0.4) is 0 Å². The highest BCUT2D eigenvalue weighted by atomic mass is 16.5. The lowest BCUT2D eigenvalue weighted by atomic mass is 10.1. The van der Waals surface area contributed by atoms with Crippen LogP contribution in [0.25, 0.3) is 0 Å². The molecule has 3 nitrogen and oxygen atoms in total. The molecule has 1 fully saturated rings. The summed E-state index contributed by atoms with van der Waals surface area (Å²) in [5.41, 5.74) is 0.652. The average Bonchev–Trinajstić information content (AvgIpc) is 2.72. The molecule has 1 aliphatic heterocycles. The van der Waals surface area contributed by atoms with E-state index in [1.165, 1.54) is 0 Å². The SMILES string of the molecule is CC1CCC(C(=O)c2ccc[nH]2)O1. The molecule has 0 aromatic carbocycles. The molecule has 70 valence electrons. The molecule has 2 rings (SSSR count). The maximum absolute atomic E-state index is 11.7. The molecule has 0 aliphatic carbocycles. The van der Waals surface area contributed by atoms with Gasteiger partial charge in [0.2, 0.25) is 5.78 Å². The van der Waals surface area contributed by atoms with Crippen molar-refractivity contribution in [2.75, 3.05) is 0 Å². The van der Waals surface area contributed by atoms with Crippen LogP contribution in [0, 0.1) is 0 Å². The first-order valence-corrected chi connectivity index (χ1v) is 4.60. The van der Waals surface area contributed by atoms with Crippen molar-refractivity contribution in [2.24, 2.45) is 0 Å². The van der Waals surface area contributed by atoms with Gasteiger partial charge in [0.1, 0.15) is 6.10 Å². The summed E-state index contributed by atoms with van der Waals surface area (Å²) in [7, 11) is 0. The minimum absolute atomic E-state index is 0.0781. The van der Waals surface area contributed by atoms with Crippen LogP contribution >= 0.6 is 0 Å². The predicted octanol–water partition coefficient (Wildman–Crippen LogP) is 1.76. The van der Waals surface area contributed by atoms with Gasteiger partial charge in [0, 0.05) is 6.20 Å². The topological polar surface area (TPSA) is 42.1 Å². The molecule has 0 saturated carbocycles. The molecule has 0 bridgehead atoms. The van der Waals surface area contributed by atoms with E-state index in [0.717, 1.165) is 12.8 Å². The molecule has 2 unspecified atom stereocenters. The number of aromatic nitrogens is 1. The summed E-state index contributed by atoms with van der Waals surface area (Å²) in [4.78, 5) is 14.6. The Hall–Kier alpha value is -1.09. The van der Waals surface area contributed by atoms with Crippen LogP contribution in [0.1, 0.15) is 30.3 Å². The molecule has 1 aromatic rings. The van der Waals surface area contributed by atoms with Crippen molar-refractivity contribution in [3.8, 4) is 0 Å². The smallest absolute Gasteiger partial charge is 0.207 e. The number of carbonyl (C=O) groups is 1. The zero-order valence-electron chi connectivity index (χ0n) is 7.62. The fourth-order valence-electron chi connectivity index (χ4n) is 1.65. The van der Waals surface area contributed by atoms with Gasteiger partial charge in [-0.05, 0) is 31.9 Å². The second kappa shape index (κ2) is 3.34. The molecular formula is C10H13NO2. The van der Waals surface area contributed by atoms with Gasteiger partial charge in [-0.2, -0.15) is 0 Å². The predicted molar refractivity (Wildman–Crippen MR) is 48.7 cm³/mol. The number of hydrogen-bond acceptors (Lipinski definition) is 2. The van der Waals surface area contributed by atoms with Crippen LogP contribution in [0.2, 0.25) is 0 Å². The first-order chi connectivity index (χ1) is 6.27. The Bertz CT molecular complexity index is 292. The number of nitrogens with one attached hydrogen (secondary N) is 1. The molecule has 13 heavy (non-hydrogen) atoms.